The molecule has 0 aromatic carbocycles. The number of amides is 2. The Bertz CT molecular complexity index is 611. The van der Waals surface area contributed by atoms with Gasteiger partial charge in [-0.3, -0.25) is 9.59 Å². The smallest absolute Gasteiger partial charge is 0.339 e. The van der Waals surface area contributed by atoms with Crippen molar-refractivity contribution in [1.29, 1.82) is 0 Å². The third-order valence-electron chi connectivity index (χ3n) is 2.74. The van der Waals surface area contributed by atoms with Crippen LogP contribution in [0.1, 0.15) is 23.2 Å². The van der Waals surface area contributed by atoms with E-state index in [0.717, 1.165) is 5.01 Å². The average molecular weight is 276 g/mol. The van der Waals surface area contributed by atoms with Gasteiger partial charge in [0.25, 0.3) is 5.91 Å². The number of anilines is 1. The van der Waals surface area contributed by atoms with E-state index >= 15 is 0 Å². The van der Waals surface area contributed by atoms with Crippen LogP contribution < -0.4 is 5.32 Å². The van der Waals surface area contributed by atoms with Crippen molar-refractivity contribution in [1.82, 2.24) is 9.99 Å². The fraction of sp³-hybridized carbons (Fsp3) is 0.250. The lowest BCUT2D eigenvalue weighted by molar-refractivity contribution is -0.130. The van der Waals surface area contributed by atoms with E-state index in [-0.39, 0.29) is 35.8 Å². The van der Waals surface area contributed by atoms with Gasteiger partial charge >= 0.3 is 5.97 Å². The van der Waals surface area contributed by atoms with Crippen molar-refractivity contribution in [2.24, 2.45) is 5.10 Å². The molecule has 0 radical (unpaired) electrons. The fourth-order valence-corrected chi connectivity index (χ4v) is 1.69. The minimum Gasteiger partial charge on any atom is -0.478 e. The molecule has 104 valence electrons. The monoisotopic (exact) mass is 276 g/mol. The lowest BCUT2D eigenvalue weighted by atomic mass is 10.1. The Balaban J connectivity index is 2.19. The number of rotatable bonds is 3. The molecule has 2 rings (SSSR count). The number of carboxylic acids is 1. The first-order chi connectivity index (χ1) is 9.49. The third-order valence-corrected chi connectivity index (χ3v) is 2.74. The average Bonchev–Trinajstić information content (AvgIpc) is 2.42. The first-order valence-electron chi connectivity index (χ1n) is 5.82. The van der Waals surface area contributed by atoms with Gasteiger partial charge in [-0.05, 0) is 12.1 Å². The molecule has 2 amide bonds. The highest BCUT2D eigenvalue weighted by Crippen LogP contribution is 2.13. The van der Waals surface area contributed by atoms with Crippen LogP contribution in [0.3, 0.4) is 0 Å². The number of aromatic carboxylic acids is 1. The van der Waals surface area contributed by atoms with Crippen LogP contribution in [0.2, 0.25) is 0 Å². The van der Waals surface area contributed by atoms with E-state index in [4.69, 9.17) is 5.11 Å². The van der Waals surface area contributed by atoms with Gasteiger partial charge in [-0.1, -0.05) is 0 Å². The second-order valence-electron chi connectivity index (χ2n) is 4.12. The number of hydrogen-bond donors (Lipinski definition) is 2. The standard InChI is InChI=1S/C12H12N4O4/c1-16-9(17)5-4-8(15-16)11(18)14-10-7(12(19)20)3-2-6-13-10/h2-3,6H,4-5H2,1H3,(H,19,20)(H,13,14,18). The first-order valence-corrected chi connectivity index (χ1v) is 5.82. The fourth-order valence-electron chi connectivity index (χ4n) is 1.69. The molecule has 8 heteroatoms. The zero-order chi connectivity index (χ0) is 14.7. The van der Waals surface area contributed by atoms with Crippen LogP contribution in [-0.2, 0) is 9.59 Å². The zero-order valence-corrected chi connectivity index (χ0v) is 10.7. The molecule has 2 N–H and O–H groups in total. The number of hydrazone groups is 1. The number of carbonyl (C=O) groups is 3. The van der Waals surface area contributed by atoms with E-state index in [2.05, 4.69) is 15.4 Å². The highest BCUT2D eigenvalue weighted by Gasteiger charge is 2.23. The topological polar surface area (TPSA) is 112 Å². The predicted octanol–water partition coefficient (Wildman–Crippen LogP) is 0.326. The van der Waals surface area contributed by atoms with Crippen LogP contribution in [-0.4, -0.2) is 45.6 Å². The molecule has 0 atom stereocenters. The second-order valence-corrected chi connectivity index (χ2v) is 4.12. The first kappa shape index (κ1) is 13.7. The predicted molar refractivity (Wildman–Crippen MR) is 69.3 cm³/mol. The van der Waals surface area contributed by atoms with Gasteiger partial charge in [-0.25, -0.2) is 14.8 Å². The number of nitrogens with zero attached hydrogens (tertiary/aromatic N) is 3. The Kier molecular flexibility index (Phi) is 3.74. The van der Waals surface area contributed by atoms with E-state index in [1.165, 1.54) is 25.4 Å². The molecule has 0 fully saturated rings. The molecule has 20 heavy (non-hydrogen) atoms. The van der Waals surface area contributed by atoms with E-state index in [1.807, 2.05) is 0 Å². The van der Waals surface area contributed by atoms with Crippen molar-refractivity contribution in [3.63, 3.8) is 0 Å². The Morgan fingerprint density at radius 1 is 1.40 bits per heavy atom. The number of carbonyl (C=O) groups excluding carboxylic acids is 2. The van der Waals surface area contributed by atoms with Gasteiger partial charge in [-0.2, -0.15) is 5.10 Å². The summed E-state index contributed by atoms with van der Waals surface area (Å²) >= 11 is 0. The van der Waals surface area contributed by atoms with Crippen LogP contribution in [0.25, 0.3) is 0 Å². The zero-order valence-electron chi connectivity index (χ0n) is 10.7. The van der Waals surface area contributed by atoms with Crippen molar-refractivity contribution in [3.8, 4) is 0 Å². The van der Waals surface area contributed by atoms with Crippen molar-refractivity contribution < 1.29 is 19.5 Å². The largest absolute Gasteiger partial charge is 0.478 e. The normalized spacial score (nSPS) is 14.8. The molecule has 0 aliphatic carbocycles. The maximum Gasteiger partial charge on any atom is 0.339 e. The minimum atomic E-state index is -1.19. The van der Waals surface area contributed by atoms with Crippen molar-refractivity contribution in [2.75, 3.05) is 12.4 Å². The molecule has 1 aliphatic rings. The summed E-state index contributed by atoms with van der Waals surface area (Å²) in [5.74, 6) is -1.98. The summed E-state index contributed by atoms with van der Waals surface area (Å²) in [7, 11) is 1.46. The third kappa shape index (κ3) is 2.79. The van der Waals surface area contributed by atoms with Gasteiger partial charge in [0.15, 0.2) is 0 Å². The number of nitrogens with one attached hydrogen (secondary N) is 1. The second kappa shape index (κ2) is 5.47. The summed E-state index contributed by atoms with van der Waals surface area (Å²) in [6.07, 6.45) is 1.78. The maximum atomic E-state index is 12.0. The highest BCUT2D eigenvalue weighted by molar-refractivity contribution is 6.43. The molecule has 0 saturated heterocycles. The number of carboxylic acid groups (broad SMARTS) is 1. The van der Waals surface area contributed by atoms with E-state index in [0.29, 0.717) is 0 Å². The molecule has 8 nitrogen and oxygen atoms in total. The molecule has 0 spiro atoms. The van der Waals surface area contributed by atoms with Crippen LogP contribution >= 0.6 is 0 Å². The molecular formula is C12H12N4O4. The van der Waals surface area contributed by atoms with Crippen molar-refractivity contribution >= 4 is 29.3 Å². The Hall–Kier alpha value is -2.77. The van der Waals surface area contributed by atoms with Gasteiger partial charge in [0, 0.05) is 26.1 Å². The molecular weight excluding hydrogens is 264 g/mol. The number of pyridine rings is 1. The Morgan fingerprint density at radius 3 is 2.80 bits per heavy atom. The van der Waals surface area contributed by atoms with Gasteiger partial charge in [0.2, 0.25) is 5.91 Å². The molecule has 0 bridgehead atoms. The minimum absolute atomic E-state index is 0.0488. The molecule has 0 saturated carbocycles. The summed E-state index contributed by atoms with van der Waals surface area (Å²) < 4.78 is 0. The summed E-state index contributed by atoms with van der Waals surface area (Å²) in [5.41, 5.74) is 0.0517. The summed E-state index contributed by atoms with van der Waals surface area (Å²) in [4.78, 5) is 38.1. The summed E-state index contributed by atoms with van der Waals surface area (Å²) in [5, 5.41) is 16.3. The van der Waals surface area contributed by atoms with Crippen LogP contribution in [0.5, 0.6) is 0 Å². The van der Waals surface area contributed by atoms with Crippen molar-refractivity contribution in [2.45, 2.75) is 12.8 Å². The number of aromatic nitrogens is 1. The van der Waals surface area contributed by atoms with E-state index in [1.54, 1.807) is 0 Å². The summed E-state index contributed by atoms with van der Waals surface area (Å²) in [6.45, 7) is 0. The maximum absolute atomic E-state index is 12.0. The Labute approximate surface area is 114 Å². The quantitative estimate of drug-likeness (QED) is 0.826. The molecule has 0 unspecified atom stereocenters. The molecule has 1 aromatic heterocycles. The lowest BCUT2D eigenvalue weighted by Crippen LogP contribution is -2.34. The summed E-state index contributed by atoms with van der Waals surface area (Å²) in [6, 6.07) is 2.80. The lowest BCUT2D eigenvalue weighted by Gasteiger charge is -2.18. The SMILES string of the molecule is CN1N=C(C(=O)Nc2ncccc2C(=O)O)CCC1=O. The van der Waals surface area contributed by atoms with Crippen LogP contribution in [0.4, 0.5) is 5.82 Å². The van der Waals surface area contributed by atoms with Gasteiger partial charge < -0.3 is 10.4 Å². The van der Waals surface area contributed by atoms with E-state index in [9.17, 15) is 14.4 Å². The molecule has 1 aliphatic heterocycles. The molecule has 2 heterocycles. The van der Waals surface area contributed by atoms with E-state index < -0.39 is 11.9 Å². The van der Waals surface area contributed by atoms with Crippen LogP contribution in [0.15, 0.2) is 23.4 Å². The van der Waals surface area contributed by atoms with Gasteiger partial charge in [0.1, 0.15) is 17.1 Å². The molecule has 1 aromatic rings. The van der Waals surface area contributed by atoms with Gasteiger partial charge in [-0.15, -0.1) is 0 Å². The van der Waals surface area contributed by atoms with Gasteiger partial charge in [0.05, 0.1) is 0 Å². The van der Waals surface area contributed by atoms with Crippen LogP contribution in [0, 0.1) is 0 Å². The number of hydrogen-bond acceptors (Lipinski definition) is 5. The Morgan fingerprint density at radius 2 is 2.15 bits per heavy atom. The van der Waals surface area contributed by atoms with Crippen molar-refractivity contribution in [3.05, 3.63) is 23.9 Å². The highest BCUT2D eigenvalue weighted by atomic mass is 16.4.